The minimum Gasteiger partial charge on any atom is -0.365 e. The highest BCUT2D eigenvalue weighted by atomic mass is 35.5. The molecule has 0 unspecified atom stereocenters. The Labute approximate surface area is 130 Å². The molecule has 0 aliphatic carbocycles. The Morgan fingerprint density at radius 3 is 2.80 bits per heavy atom. The first-order valence-corrected chi connectivity index (χ1v) is 6.82. The van der Waals surface area contributed by atoms with Crippen molar-refractivity contribution in [1.29, 1.82) is 0 Å². The molecule has 2 N–H and O–H groups in total. The van der Waals surface area contributed by atoms with Crippen molar-refractivity contribution < 1.29 is 4.39 Å². The standard InChI is InChI=1S/C12H11Cl2FN4S/c1-16-12(20)17-11-9(14)6-19(18-11)5-7-8(13)3-2-4-10(7)15/h2-4,6H,5H2,1H3,(H2,16,17,18,20). The van der Waals surface area contributed by atoms with Crippen LogP contribution in [0.2, 0.25) is 10.0 Å². The minimum atomic E-state index is -0.385. The molecule has 0 spiro atoms. The van der Waals surface area contributed by atoms with E-state index in [-0.39, 0.29) is 12.4 Å². The average Bonchev–Trinajstić information content (AvgIpc) is 2.74. The summed E-state index contributed by atoms with van der Waals surface area (Å²) in [7, 11) is 1.68. The van der Waals surface area contributed by atoms with Gasteiger partial charge in [-0.3, -0.25) is 4.68 Å². The smallest absolute Gasteiger partial charge is 0.173 e. The molecule has 4 nitrogen and oxygen atoms in total. The highest BCUT2D eigenvalue weighted by Crippen LogP contribution is 2.23. The highest BCUT2D eigenvalue weighted by Gasteiger charge is 2.12. The highest BCUT2D eigenvalue weighted by molar-refractivity contribution is 7.80. The van der Waals surface area contributed by atoms with E-state index in [1.54, 1.807) is 25.4 Å². The van der Waals surface area contributed by atoms with E-state index in [4.69, 9.17) is 35.4 Å². The maximum atomic E-state index is 13.7. The fraction of sp³-hybridized carbons (Fsp3) is 0.167. The van der Waals surface area contributed by atoms with E-state index in [9.17, 15) is 4.39 Å². The Bertz CT molecular complexity index is 624. The van der Waals surface area contributed by atoms with Gasteiger partial charge >= 0.3 is 0 Å². The molecule has 20 heavy (non-hydrogen) atoms. The van der Waals surface area contributed by atoms with Crippen LogP contribution in [-0.4, -0.2) is 21.9 Å². The molecule has 0 aliphatic rings. The van der Waals surface area contributed by atoms with Gasteiger partial charge < -0.3 is 10.6 Å². The second-order valence-electron chi connectivity index (χ2n) is 3.93. The van der Waals surface area contributed by atoms with Gasteiger partial charge in [0.25, 0.3) is 0 Å². The van der Waals surface area contributed by atoms with Gasteiger partial charge in [-0.25, -0.2) is 4.39 Å². The fourth-order valence-electron chi connectivity index (χ4n) is 1.58. The quantitative estimate of drug-likeness (QED) is 0.846. The van der Waals surface area contributed by atoms with Crippen molar-refractivity contribution in [3.63, 3.8) is 0 Å². The fourth-order valence-corrected chi connectivity index (χ4v) is 2.10. The van der Waals surface area contributed by atoms with Crippen LogP contribution >= 0.6 is 35.4 Å². The lowest BCUT2D eigenvalue weighted by Crippen LogP contribution is -2.24. The SMILES string of the molecule is CNC(=S)Nc1nn(Cc2c(F)cccc2Cl)cc1Cl. The third-order valence-electron chi connectivity index (χ3n) is 2.56. The molecular formula is C12H11Cl2FN4S. The largest absolute Gasteiger partial charge is 0.365 e. The number of nitrogens with zero attached hydrogens (tertiary/aromatic N) is 2. The number of hydrogen-bond donors (Lipinski definition) is 2. The molecule has 0 bridgehead atoms. The molecule has 0 amide bonds. The molecule has 1 aromatic heterocycles. The van der Waals surface area contributed by atoms with Crippen LogP contribution in [0.25, 0.3) is 0 Å². The molecule has 0 saturated heterocycles. The van der Waals surface area contributed by atoms with Crippen molar-refractivity contribution in [2.24, 2.45) is 0 Å². The summed E-state index contributed by atoms with van der Waals surface area (Å²) in [5.41, 5.74) is 0.357. The van der Waals surface area contributed by atoms with Crippen molar-refractivity contribution in [3.8, 4) is 0 Å². The van der Waals surface area contributed by atoms with E-state index in [2.05, 4.69) is 15.7 Å². The molecule has 0 atom stereocenters. The summed E-state index contributed by atoms with van der Waals surface area (Å²) in [6.45, 7) is 0.180. The van der Waals surface area contributed by atoms with Crippen LogP contribution in [0.4, 0.5) is 10.2 Å². The molecule has 1 heterocycles. The van der Waals surface area contributed by atoms with Crippen LogP contribution in [-0.2, 0) is 6.54 Å². The van der Waals surface area contributed by atoms with Gasteiger partial charge in [-0.1, -0.05) is 29.3 Å². The van der Waals surface area contributed by atoms with Crippen LogP contribution < -0.4 is 10.6 Å². The Balaban J connectivity index is 2.23. The minimum absolute atomic E-state index is 0.180. The Morgan fingerprint density at radius 2 is 2.15 bits per heavy atom. The number of benzene rings is 1. The van der Waals surface area contributed by atoms with Gasteiger partial charge in [0.2, 0.25) is 0 Å². The maximum absolute atomic E-state index is 13.7. The molecule has 0 saturated carbocycles. The van der Waals surface area contributed by atoms with E-state index in [1.165, 1.54) is 10.7 Å². The zero-order valence-corrected chi connectivity index (χ0v) is 12.8. The van der Waals surface area contributed by atoms with Gasteiger partial charge in [-0.2, -0.15) is 5.10 Å². The van der Waals surface area contributed by atoms with E-state index in [0.29, 0.717) is 26.5 Å². The predicted octanol–water partition coefficient (Wildman–Crippen LogP) is 3.29. The number of halogens is 3. The number of anilines is 1. The van der Waals surface area contributed by atoms with Crippen LogP contribution in [0.3, 0.4) is 0 Å². The molecular weight excluding hydrogens is 322 g/mol. The van der Waals surface area contributed by atoms with Crippen LogP contribution in [0.5, 0.6) is 0 Å². The molecule has 0 aliphatic heterocycles. The molecule has 2 aromatic rings. The lowest BCUT2D eigenvalue weighted by Gasteiger charge is -2.06. The van der Waals surface area contributed by atoms with E-state index < -0.39 is 0 Å². The topological polar surface area (TPSA) is 41.9 Å². The second kappa shape index (κ2) is 6.39. The normalized spacial score (nSPS) is 10.4. The van der Waals surface area contributed by atoms with Gasteiger partial charge in [0.1, 0.15) is 10.8 Å². The lowest BCUT2D eigenvalue weighted by molar-refractivity contribution is 0.586. The maximum Gasteiger partial charge on any atom is 0.173 e. The summed E-state index contributed by atoms with van der Waals surface area (Å²) in [4.78, 5) is 0. The van der Waals surface area contributed by atoms with Crippen molar-refractivity contribution in [1.82, 2.24) is 15.1 Å². The third-order valence-corrected chi connectivity index (χ3v) is 3.49. The summed E-state index contributed by atoms with van der Waals surface area (Å²) in [6, 6.07) is 4.53. The number of aromatic nitrogens is 2. The number of hydrogen-bond acceptors (Lipinski definition) is 2. The predicted molar refractivity (Wildman–Crippen MR) is 83.0 cm³/mol. The Hall–Kier alpha value is -1.37. The van der Waals surface area contributed by atoms with E-state index in [1.807, 2.05) is 0 Å². The number of nitrogens with one attached hydrogen (secondary N) is 2. The summed E-state index contributed by atoms with van der Waals surface area (Å²) in [6.07, 6.45) is 1.57. The van der Waals surface area contributed by atoms with Crippen molar-refractivity contribution in [3.05, 3.63) is 45.8 Å². The summed E-state index contributed by atoms with van der Waals surface area (Å²) >= 11 is 17.0. The van der Waals surface area contributed by atoms with Crippen molar-refractivity contribution in [2.75, 3.05) is 12.4 Å². The van der Waals surface area contributed by atoms with Gasteiger partial charge in [-0.15, -0.1) is 0 Å². The van der Waals surface area contributed by atoms with Crippen molar-refractivity contribution in [2.45, 2.75) is 6.54 Å². The summed E-state index contributed by atoms with van der Waals surface area (Å²) < 4.78 is 15.2. The molecule has 1 aromatic carbocycles. The van der Waals surface area contributed by atoms with Crippen molar-refractivity contribution >= 4 is 46.4 Å². The molecule has 2 rings (SSSR count). The van der Waals surface area contributed by atoms with Gasteiger partial charge in [0.15, 0.2) is 10.9 Å². The van der Waals surface area contributed by atoms with Crippen LogP contribution in [0, 0.1) is 5.82 Å². The summed E-state index contributed by atoms with van der Waals surface area (Å²) in [5, 5.41) is 10.9. The zero-order chi connectivity index (χ0) is 14.7. The first kappa shape index (κ1) is 15.0. The van der Waals surface area contributed by atoms with E-state index >= 15 is 0 Å². The van der Waals surface area contributed by atoms with Gasteiger partial charge in [-0.05, 0) is 24.4 Å². The van der Waals surface area contributed by atoms with Crippen LogP contribution in [0.1, 0.15) is 5.56 Å². The van der Waals surface area contributed by atoms with Gasteiger partial charge in [0, 0.05) is 23.8 Å². The monoisotopic (exact) mass is 332 g/mol. The Kier molecular flexibility index (Phi) is 4.80. The first-order chi connectivity index (χ1) is 9.51. The molecule has 0 fully saturated rings. The third kappa shape index (κ3) is 3.39. The average molecular weight is 333 g/mol. The first-order valence-electron chi connectivity index (χ1n) is 5.66. The second-order valence-corrected chi connectivity index (χ2v) is 5.15. The molecule has 8 heteroatoms. The number of rotatable bonds is 3. The number of thiocarbonyl (C=S) groups is 1. The van der Waals surface area contributed by atoms with Gasteiger partial charge in [0.05, 0.1) is 6.54 Å². The Morgan fingerprint density at radius 1 is 1.40 bits per heavy atom. The van der Waals surface area contributed by atoms with Crippen LogP contribution in [0.15, 0.2) is 24.4 Å². The molecule has 0 radical (unpaired) electrons. The lowest BCUT2D eigenvalue weighted by atomic mass is 10.2. The zero-order valence-electron chi connectivity index (χ0n) is 10.5. The summed E-state index contributed by atoms with van der Waals surface area (Å²) in [5.74, 6) is 0.0165. The molecule has 106 valence electrons. The van der Waals surface area contributed by atoms with E-state index in [0.717, 1.165) is 0 Å².